The van der Waals surface area contributed by atoms with E-state index < -0.39 is 0 Å². The molecule has 1 aromatic carbocycles. The van der Waals surface area contributed by atoms with Gasteiger partial charge in [0.1, 0.15) is 5.82 Å². The highest BCUT2D eigenvalue weighted by molar-refractivity contribution is 5.81. The van der Waals surface area contributed by atoms with Gasteiger partial charge in [0.25, 0.3) is 0 Å². The quantitative estimate of drug-likeness (QED) is 0.696. The fraction of sp³-hybridized carbons (Fsp3) is 0.640. The second-order valence-electron chi connectivity index (χ2n) is 10.1. The zero-order valence-corrected chi connectivity index (χ0v) is 18.9. The lowest BCUT2D eigenvalue weighted by Crippen LogP contribution is -2.53. The highest BCUT2D eigenvalue weighted by atomic mass is 16.2. The second kappa shape index (κ2) is 8.85. The van der Waals surface area contributed by atoms with Crippen molar-refractivity contribution in [3.63, 3.8) is 0 Å². The lowest BCUT2D eigenvalue weighted by atomic mass is 9.73. The molecule has 3 aliphatic rings. The van der Waals surface area contributed by atoms with Gasteiger partial charge in [-0.1, -0.05) is 25.0 Å². The smallest absolute Gasteiger partial charge is 0.223 e. The molecule has 0 unspecified atom stereocenters. The molecule has 1 aromatic heterocycles. The Morgan fingerprint density at radius 3 is 2.44 bits per heavy atom. The van der Waals surface area contributed by atoms with Gasteiger partial charge < -0.3 is 20.5 Å². The number of aryl methyl sites for hydroxylation is 1. The first-order valence-electron chi connectivity index (χ1n) is 12.3. The molecule has 0 atom stereocenters. The maximum Gasteiger partial charge on any atom is 0.223 e. The highest BCUT2D eigenvalue weighted by Gasteiger charge is 2.44. The first-order valence-corrected chi connectivity index (χ1v) is 12.3. The number of nitrogens with one attached hydrogen (secondary N) is 1. The van der Waals surface area contributed by atoms with E-state index in [1.807, 2.05) is 29.2 Å². The summed E-state index contributed by atoms with van der Waals surface area (Å²) in [7, 11) is 0. The minimum atomic E-state index is -0.273. The van der Waals surface area contributed by atoms with Crippen molar-refractivity contribution in [2.45, 2.75) is 63.8 Å². The van der Waals surface area contributed by atoms with Crippen LogP contribution in [0.1, 0.15) is 57.2 Å². The first-order chi connectivity index (χ1) is 15.5. The molecule has 1 saturated carbocycles. The van der Waals surface area contributed by atoms with Gasteiger partial charge in [0.2, 0.25) is 11.8 Å². The summed E-state index contributed by atoms with van der Waals surface area (Å²) in [6.45, 7) is 3.56. The van der Waals surface area contributed by atoms with Crippen molar-refractivity contribution >= 4 is 22.8 Å². The number of fused-ring (bicyclic) bond motifs is 1. The lowest BCUT2D eigenvalue weighted by molar-refractivity contribution is -0.135. The normalized spacial score (nSPS) is 22.3. The first kappa shape index (κ1) is 21.4. The number of nitrogens with zero attached hydrogens (tertiary/aromatic N) is 3. The number of aromatic nitrogens is 2. The Morgan fingerprint density at radius 1 is 1.06 bits per heavy atom. The predicted octanol–water partition coefficient (Wildman–Crippen LogP) is 2.85. The summed E-state index contributed by atoms with van der Waals surface area (Å²) in [4.78, 5) is 37.4. The molecule has 2 aliphatic heterocycles. The van der Waals surface area contributed by atoms with E-state index in [1.165, 1.54) is 12.8 Å². The van der Waals surface area contributed by atoms with Crippen LogP contribution in [0, 0.1) is 11.3 Å². The van der Waals surface area contributed by atoms with Gasteiger partial charge in [-0.25, -0.2) is 4.98 Å². The Hall–Kier alpha value is -2.41. The van der Waals surface area contributed by atoms with Crippen LogP contribution in [0.3, 0.4) is 0 Å². The number of aromatic amines is 1. The van der Waals surface area contributed by atoms with Crippen LogP contribution in [0.5, 0.6) is 0 Å². The van der Waals surface area contributed by atoms with Crippen LogP contribution in [0.15, 0.2) is 24.3 Å². The summed E-state index contributed by atoms with van der Waals surface area (Å²) in [5.41, 5.74) is 7.54. The number of H-pyrrole nitrogens is 1. The Labute approximate surface area is 189 Å². The monoisotopic (exact) mass is 437 g/mol. The summed E-state index contributed by atoms with van der Waals surface area (Å²) >= 11 is 0. The third kappa shape index (κ3) is 4.53. The number of carbonyl (C=O) groups excluding carboxylic acids is 2. The van der Waals surface area contributed by atoms with Crippen LogP contribution in [-0.4, -0.2) is 63.8 Å². The lowest BCUT2D eigenvalue weighted by Gasteiger charge is -2.45. The number of amides is 2. The van der Waals surface area contributed by atoms with Crippen molar-refractivity contribution in [3.8, 4) is 0 Å². The summed E-state index contributed by atoms with van der Waals surface area (Å²) < 4.78 is 0. The average molecular weight is 438 g/mol. The second-order valence-corrected chi connectivity index (χ2v) is 10.1. The van der Waals surface area contributed by atoms with Crippen LogP contribution in [0.25, 0.3) is 11.0 Å². The molecule has 172 valence electrons. The SMILES string of the molecule is NC(=O)C1(CC2CC2)CCN(C2CCN(C(=O)CCc3nc4ccccc4[nH]3)CC2)CC1. The third-order valence-electron chi connectivity index (χ3n) is 8.00. The molecule has 0 bridgehead atoms. The van der Waals surface area contributed by atoms with E-state index in [0.29, 0.717) is 18.9 Å². The molecular formula is C25H35N5O2. The number of piperidine rings is 2. The molecule has 2 aromatic rings. The van der Waals surface area contributed by atoms with E-state index in [9.17, 15) is 9.59 Å². The topological polar surface area (TPSA) is 95.3 Å². The molecule has 3 N–H and O–H groups in total. The zero-order chi connectivity index (χ0) is 22.1. The Morgan fingerprint density at radius 2 is 1.78 bits per heavy atom. The number of likely N-dealkylation sites (tertiary alicyclic amines) is 2. The Bertz CT molecular complexity index is 933. The van der Waals surface area contributed by atoms with Crippen molar-refractivity contribution in [1.82, 2.24) is 19.8 Å². The fourth-order valence-electron chi connectivity index (χ4n) is 5.73. The zero-order valence-electron chi connectivity index (χ0n) is 18.9. The summed E-state index contributed by atoms with van der Waals surface area (Å²) in [5.74, 6) is 1.74. The molecule has 2 saturated heterocycles. The van der Waals surface area contributed by atoms with E-state index in [2.05, 4.69) is 14.9 Å². The molecule has 3 heterocycles. The van der Waals surface area contributed by atoms with Gasteiger partial charge in [-0.3, -0.25) is 9.59 Å². The van der Waals surface area contributed by atoms with Crippen LogP contribution in [-0.2, 0) is 16.0 Å². The molecular weight excluding hydrogens is 402 g/mol. The number of nitrogens with two attached hydrogens (primary N) is 1. The standard InChI is InChI=1S/C25H35N5O2/c26-24(32)25(17-18-5-6-18)11-15-29(16-12-25)19-9-13-30(14-10-19)23(31)8-7-22-27-20-3-1-2-4-21(20)28-22/h1-4,18-19H,5-17H2,(H2,26,32)(H,27,28). The van der Waals surface area contributed by atoms with Gasteiger partial charge in [-0.05, 0) is 63.2 Å². The van der Waals surface area contributed by atoms with E-state index in [4.69, 9.17) is 5.73 Å². The molecule has 32 heavy (non-hydrogen) atoms. The number of para-hydroxylation sites is 2. The van der Waals surface area contributed by atoms with Gasteiger partial charge in [0, 0.05) is 32.0 Å². The summed E-state index contributed by atoms with van der Waals surface area (Å²) in [6.07, 6.45) is 8.50. The molecule has 2 amide bonds. The summed E-state index contributed by atoms with van der Waals surface area (Å²) in [6, 6.07) is 8.48. The summed E-state index contributed by atoms with van der Waals surface area (Å²) in [5, 5.41) is 0. The minimum absolute atomic E-state index is 0.0890. The number of hydrogen-bond donors (Lipinski definition) is 2. The number of imidazole rings is 1. The van der Waals surface area contributed by atoms with Gasteiger partial charge in [-0.15, -0.1) is 0 Å². The molecule has 0 spiro atoms. The van der Waals surface area contributed by atoms with E-state index in [-0.39, 0.29) is 17.2 Å². The predicted molar refractivity (Wildman–Crippen MR) is 124 cm³/mol. The number of primary amides is 1. The van der Waals surface area contributed by atoms with Crippen LogP contribution < -0.4 is 5.73 Å². The molecule has 1 aliphatic carbocycles. The number of carbonyl (C=O) groups is 2. The van der Waals surface area contributed by atoms with Crippen molar-refractivity contribution < 1.29 is 9.59 Å². The Kier molecular flexibility index (Phi) is 5.93. The molecule has 7 heteroatoms. The Balaban J connectivity index is 1.08. The molecule has 0 radical (unpaired) electrons. The molecule has 7 nitrogen and oxygen atoms in total. The number of benzene rings is 1. The maximum atomic E-state index is 12.8. The van der Waals surface area contributed by atoms with Gasteiger partial charge >= 0.3 is 0 Å². The van der Waals surface area contributed by atoms with Gasteiger partial charge in [0.15, 0.2) is 0 Å². The van der Waals surface area contributed by atoms with Crippen LogP contribution in [0.2, 0.25) is 0 Å². The van der Waals surface area contributed by atoms with Gasteiger partial charge in [-0.2, -0.15) is 0 Å². The highest BCUT2D eigenvalue weighted by Crippen LogP contribution is 2.46. The number of rotatable bonds is 7. The maximum absolute atomic E-state index is 12.8. The van der Waals surface area contributed by atoms with Gasteiger partial charge in [0.05, 0.1) is 16.4 Å². The van der Waals surface area contributed by atoms with Crippen molar-refractivity contribution in [1.29, 1.82) is 0 Å². The largest absolute Gasteiger partial charge is 0.369 e. The van der Waals surface area contributed by atoms with E-state index in [1.54, 1.807) is 0 Å². The average Bonchev–Trinajstić information content (AvgIpc) is 3.52. The van der Waals surface area contributed by atoms with Crippen LogP contribution in [0.4, 0.5) is 0 Å². The van der Waals surface area contributed by atoms with Crippen molar-refractivity contribution in [3.05, 3.63) is 30.1 Å². The van der Waals surface area contributed by atoms with E-state index in [0.717, 1.165) is 81.1 Å². The molecule has 5 rings (SSSR count). The third-order valence-corrected chi connectivity index (χ3v) is 8.00. The van der Waals surface area contributed by atoms with Crippen molar-refractivity contribution in [2.24, 2.45) is 17.1 Å². The van der Waals surface area contributed by atoms with E-state index >= 15 is 0 Å². The number of hydrogen-bond acceptors (Lipinski definition) is 4. The fourth-order valence-corrected chi connectivity index (χ4v) is 5.73. The minimum Gasteiger partial charge on any atom is -0.369 e. The van der Waals surface area contributed by atoms with Crippen LogP contribution >= 0.6 is 0 Å². The molecule has 3 fully saturated rings. The van der Waals surface area contributed by atoms with Crippen molar-refractivity contribution in [2.75, 3.05) is 26.2 Å².